The van der Waals surface area contributed by atoms with E-state index in [0.29, 0.717) is 61.5 Å². The Hall–Kier alpha value is -3.43. The number of Topliss-reactive ketones (excluding diaryl/α,β-unsaturated/α-hetero) is 1. The number of hydrogen-bond acceptors (Lipinski definition) is 7. The van der Waals surface area contributed by atoms with E-state index in [2.05, 4.69) is 0 Å². The Morgan fingerprint density at radius 1 is 0.686 bits per heavy atom. The van der Waals surface area contributed by atoms with Crippen LogP contribution >= 0.6 is 0 Å². The summed E-state index contributed by atoms with van der Waals surface area (Å²) in [7, 11) is 2.78. The van der Waals surface area contributed by atoms with E-state index in [1.807, 2.05) is 0 Å². The molecule has 2 aromatic carbocycles. The van der Waals surface area contributed by atoms with E-state index in [1.54, 1.807) is 48.5 Å². The summed E-state index contributed by atoms with van der Waals surface area (Å²) in [4.78, 5) is 34.5. The third-order valence-electron chi connectivity index (χ3n) is 5.33. The van der Waals surface area contributed by atoms with Crippen LogP contribution in [-0.2, 0) is 24.8 Å². The summed E-state index contributed by atoms with van der Waals surface area (Å²) in [6, 6.07) is 13.4. The number of aliphatic carboxylic acids is 2. The van der Waals surface area contributed by atoms with Crippen LogP contribution in [0.15, 0.2) is 48.5 Å². The molecule has 35 heavy (non-hydrogen) atoms. The number of carboxylic acids is 2. The van der Waals surface area contributed by atoms with Crippen LogP contribution in [0.25, 0.3) is 0 Å². The lowest BCUT2D eigenvalue weighted by molar-refractivity contribution is -0.176. The van der Waals surface area contributed by atoms with Gasteiger partial charge in [0, 0.05) is 38.2 Å². The average molecular weight is 489 g/mol. The van der Waals surface area contributed by atoms with Crippen LogP contribution in [0.5, 0.6) is 11.5 Å². The molecule has 0 fully saturated rings. The number of benzene rings is 2. The van der Waals surface area contributed by atoms with Gasteiger partial charge in [-0.15, -0.1) is 0 Å². The predicted molar refractivity (Wildman–Crippen MR) is 127 cm³/mol. The van der Waals surface area contributed by atoms with E-state index in [9.17, 15) is 14.4 Å². The van der Waals surface area contributed by atoms with Gasteiger partial charge in [-0.2, -0.15) is 0 Å². The minimum atomic E-state index is -1.65. The quantitative estimate of drug-likeness (QED) is 0.190. The van der Waals surface area contributed by atoms with Gasteiger partial charge < -0.3 is 29.2 Å². The third kappa shape index (κ3) is 8.38. The topological polar surface area (TPSA) is 129 Å². The lowest BCUT2D eigenvalue weighted by Gasteiger charge is -2.30. The van der Waals surface area contributed by atoms with Crippen molar-refractivity contribution in [2.45, 2.75) is 44.3 Å². The minimum absolute atomic E-state index is 0.104. The van der Waals surface area contributed by atoms with Crippen molar-refractivity contribution in [3.63, 3.8) is 0 Å². The van der Waals surface area contributed by atoms with Crippen LogP contribution < -0.4 is 9.47 Å². The maximum atomic E-state index is 13.4. The smallest absolute Gasteiger partial charge is 0.303 e. The molecule has 0 atom stereocenters. The molecule has 0 radical (unpaired) electrons. The van der Waals surface area contributed by atoms with Crippen LogP contribution in [0.2, 0.25) is 0 Å². The zero-order valence-corrected chi connectivity index (χ0v) is 20.0. The van der Waals surface area contributed by atoms with E-state index < -0.39 is 23.5 Å². The van der Waals surface area contributed by atoms with E-state index in [4.69, 9.17) is 29.2 Å². The minimum Gasteiger partial charge on any atom is -0.494 e. The van der Waals surface area contributed by atoms with Gasteiger partial charge in [0.2, 0.25) is 5.78 Å². The maximum absolute atomic E-state index is 13.4. The normalized spacial score (nSPS) is 11.1. The second-order valence-corrected chi connectivity index (χ2v) is 7.80. The SMILES string of the molecule is COC(OC)(C(=O)c1ccc(OCCCCC(=O)O)cc1)c1ccc(OCCCCC(=O)O)cc1. The number of carbonyl (C=O) groups excluding carboxylic acids is 1. The molecule has 0 bridgehead atoms. The molecule has 2 rings (SSSR count). The zero-order chi connectivity index (χ0) is 25.7. The fraction of sp³-hybridized carbons (Fsp3) is 0.423. The summed E-state index contributed by atoms with van der Waals surface area (Å²) in [5, 5.41) is 17.3. The van der Waals surface area contributed by atoms with Crippen molar-refractivity contribution in [3.05, 3.63) is 59.7 Å². The summed E-state index contributed by atoms with van der Waals surface area (Å²) in [5.74, 6) is -2.55. The second kappa shape index (κ2) is 14.1. The van der Waals surface area contributed by atoms with Gasteiger partial charge in [-0.05, 0) is 74.2 Å². The van der Waals surface area contributed by atoms with Gasteiger partial charge in [0.15, 0.2) is 0 Å². The number of ketones is 1. The standard InChI is InChI=1S/C26H32O9/c1-32-26(33-2,20-11-15-22(16-12-20)35-18-6-4-8-24(29)30)25(31)19-9-13-21(14-10-19)34-17-5-3-7-23(27)28/h9-16H,3-8,17-18H2,1-2H3,(H,27,28)(H,29,30). The molecule has 9 nitrogen and oxygen atoms in total. The Morgan fingerprint density at radius 3 is 1.51 bits per heavy atom. The highest BCUT2D eigenvalue weighted by molar-refractivity contribution is 6.02. The first-order valence-corrected chi connectivity index (χ1v) is 11.4. The molecule has 0 saturated carbocycles. The molecule has 0 unspecified atom stereocenters. The molecule has 0 heterocycles. The Balaban J connectivity index is 2.01. The molecule has 2 aromatic rings. The van der Waals surface area contributed by atoms with Gasteiger partial charge in [-0.1, -0.05) is 0 Å². The van der Waals surface area contributed by atoms with Crippen molar-refractivity contribution in [2.24, 2.45) is 0 Å². The first-order chi connectivity index (χ1) is 16.8. The highest BCUT2D eigenvalue weighted by Crippen LogP contribution is 2.32. The van der Waals surface area contributed by atoms with Crippen molar-refractivity contribution in [3.8, 4) is 11.5 Å². The maximum Gasteiger partial charge on any atom is 0.303 e. The third-order valence-corrected chi connectivity index (χ3v) is 5.33. The first-order valence-electron chi connectivity index (χ1n) is 11.4. The zero-order valence-electron chi connectivity index (χ0n) is 20.0. The van der Waals surface area contributed by atoms with E-state index in [-0.39, 0.29) is 12.8 Å². The van der Waals surface area contributed by atoms with Crippen molar-refractivity contribution >= 4 is 17.7 Å². The molecule has 0 aliphatic rings. The van der Waals surface area contributed by atoms with Gasteiger partial charge in [-0.3, -0.25) is 14.4 Å². The van der Waals surface area contributed by atoms with Crippen LogP contribution in [0.1, 0.15) is 54.4 Å². The van der Waals surface area contributed by atoms with Gasteiger partial charge in [0.1, 0.15) is 11.5 Å². The molecule has 9 heteroatoms. The largest absolute Gasteiger partial charge is 0.494 e. The summed E-state index contributed by atoms with van der Waals surface area (Å²) >= 11 is 0. The van der Waals surface area contributed by atoms with Crippen molar-refractivity contribution < 1.29 is 43.5 Å². The molecule has 0 amide bonds. The Kier molecular flexibility index (Phi) is 11.2. The molecule has 0 spiro atoms. The lowest BCUT2D eigenvalue weighted by Crippen LogP contribution is -2.40. The number of carbonyl (C=O) groups is 3. The number of rotatable bonds is 17. The molecular weight excluding hydrogens is 456 g/mol. The monoisotopic (exact) mass is 488 g/mol. The summed E-state index contributed by atoms with van der Waals surface area (Å²) < 4.78 is 22.4. The Morgan fingerprint density at radius 2 is 1.11 bits per heavy atom. The number of hydrogen-bond donors (Lipinski definition) is 2. The lowest BCUT2D eigenvalue weighted by atomic mass is 9.95. The molecule has 0 aliphatic heterocycles. The fourth-order valence-electron chi connectivity index (χ4n) is 3.44. The molecule has 190 valence electrons. The summed E-state index contributed by atoms with van der Waals surface area (Å²) in [5.41, 5.74) is 0.857. The van der Waals surface area contributed by atoms with E-state index >= 15 is 0 Å². The number of carboxylic acid groups (broad SMARTS) is 2. The van der Waals surface area contributed by atoms with Gasteiger partial charge in [-0.25, -0.2) is 0 Å². The van der Waals surface area contributed by atoms with Crippen LogP contribution in [0, 0.1) is 0 Å². The van der Waals surface area contributed by atoms with E-state index in [0.717, 1.165) is 0 Å². The fourth-order valence-corrected chi connectivity index (χ4v) is 3.44. The molecule has 0 saturated heterocycles. The highest BCUT2D eigenvalue weighted by Gasteiger charge is 2.41. The summed E-state index contributed by atoms with van der Waals surface area (Å²) in [6.45, 7) is 0.772. The van der Waals surface area contributed by atoms with Gasteiger partial charge >= 0.3 is 11.9 Å². The molecule has 2 N–H and O–H groups in total. The molecule has 0 aromatic heterocycles. The van der Waals surface area contributed by atoms with Crippen molar-refractivity contribution in [1.82, 2.24) is 0 Å². The number of methoxy groups -OCH3 is 2. The van der Waals surface area contributed by atoms with Crippen LogP contribution in [0.4, 0.5) is 0 Å². The van der Waals surface area contributed by atoms with Crippen LogP contribution in [-0.4, -0.2) is 55.4 Å². The van der Waals surface area contributed by atoms with Crippen LogP contribution in [0.3, 0.4) is 0 Å². The Labute approximate surface area is 204 Å². The second-order valence-electron chi connectivity index (χ2n) is 7.80. The number of ether oxygens (including phenoxy) is 4. The number of unbranched alkanes of at least 4 members (excludes halogenated alkanes) is 2. The van der Waals surface area contributed by atoms with E-state index in [1.165, 1.54) is 14.2 Å². The highest BCUT2D eigenvalue weighted by atomic mass is 16.7. The molecule has 0 aliphatic carbocycles. The van der Waals surface area contributed by atoms with Gasteiger partial charge in [0.05, 0.1) is 13.2 Å². The Bertz CT molecular complexity index is 948. The van der Waals surface area contributed by atoms with Crippen molar-refractivity contribution in [1.29, 1.82) is 0 Å². The summed E-state index contributed by atoms with van der Waals surface area (Å²) in [6.07, 6.45) is 2.51. The average Bonchev–Trinajstić information content (AvgIpc) is 2.85. The predicted octanol–water partition coefficient (Wildman–Crippen LogP) is 4.28. The first kappa shape index (κ1) is 27.8. The van der Waals surface area contributed by atoms with Crippen molar-refractivity contribution in [2.75, 3.05) is 27.4 Å². The van der Waals surface area contributed by atoms with Gasteiger partial charge in [0.25, 0.3) is 5.79 Å². The molecular formula is C26H32O9.